The number of hydrogen-bond donors (Lipinski definition) is 3. The van der Waals surface area contributed by atoms with Crippen LogP contribution >= 0.6 is 0 Å². The number of carboxylic acid groups (broad SMARTS) is 1. The van der Waals surface area contributed by atoms with Crippen LogP contribution in [0.4, 0.5) is 17.4 Å². The smallest absolute Gasteiger partial charge is 0.320 e. The number of carbonyl (C=O) groups is 2. The second-order valence-electron chi connectivity index (χ2n) is 8.56. The van der Waals surface area contributed by atoms with Gasteiger partial charge in [0.05, 0.1) is 17.8 Å². The molecule has 0 bridgehead atoms. The van der Waals surface area contributed by atoms with Crippen LogP contribution in [0.1, 0.15) is 54.4 Å². The SMILES string of the molecule is O=C(Nc1ccc([C@H]2CC[C@]3(CC2)CC3C(=O)O)nc1)c1nnc(Nc2ccccc2)o1. The van der Waals surface area contributed by atoms with Gasteiger partial charge in [0.1, 0.15) is 0 Å². The van der Waals surface area contributed by atoms with Crippen LogP contribution in [-0.2, 0) is 4.79 Å². The van der Waals surface area contributed by atoms with Gasteiger partial charge < -0.3 is 20.2 Å². The van der Waals surface area contributed by atoms with E-state index in [4.69, 9.17) is 4.42 Å². The molecule has 9 nitrogen and oxygen atoms in total. The van der Waals surface area contributed by atoms with Gasteiger partial charge in [0.2, 0.25) is 0 Å². The molecule has 164 valence electrons. The van der Waals surface area contributed by atoms with Crippen molar-refractivity contribution in [3.63, 3.8) is 0 Å². The zero-order valence-electron chi connectivity index (χ0n) is 17.3. The Hall–Kier alpha value is -3.75. The van der Waals surface area contributed by atoms with Crippen molar-refractivity contribution >= 4 is 29.3 Å². The van der Waals surface area contributed by atoms with E-state index < -0.39 is 11.9 Å². The minimum Gasteiger partial charge on any atom is -0.481 e. The third kappa shape index (κ3) is 4.05. The summed E-state index contributed by atoms with van der Waals surface area (Å²) in [4.78, 5) is 28.2. The van der Waals surface area contributed by atoms with Crippen molar-refractivity contribution in [3.8, 4) is 0 Å². The molecule has 2 aliphatic carbocycles. The Morgan fingerprint density at radius 1 is 1.03 bits per heavy atom. The van der Waals surface area contributed by atoms with Gasteiger partial charge in [0.15, 0.2) is 0 Å². The minimum atomic E-state index is -0.661. The first-order valence-corrected chi connectivity index (χ1v) is 10.7. The topological polar surface area (TPSA) is 130 Å². The first-order chi connectivity index (χ1) is 15.5. The molecule has 2 aliphatic rings. The number of nitrogens with zero attached hydrogens (tertiary/aromatic N) is 3. The highest BCUT2D eigenvalue weighted by Crippen LogP contribution is 2.63. The summed E-state index contributed by atoms with van der Waals surface area (Å²) in [7, 11) is 0. The molecule has 2 saturated carbocycles. The molecule has 1 atom stereocenters. The van der Waals surface area contributed by atoms with Gasteiger partial charge in [-0.3, -0.25) is 14.6 Å². The molecular formula is C23H23N5O4. The summed E-state index contributed by atoms with van der Waals surface area (Å²) < 4.78 is 5.38. The summed E-state index contributed by atoms with van der Waals surface area (Å²) in [5.74, 6) is -1.17. The summed E-state index contributed by atoms with van der Waals surface area (Å²) in [6.07, 6.45) is 6.19. The highest BCUT2D eigenvalue weighted by molar-refractivity contribution is 6.00. The molecule has 1 spiro atoms. The lowest BCUT2D eigenvalue weighted by Crippen LogP contribution is -2.19. The normalized spacial score (nSPS) is 24.1. The van der Waals surface area contributed by atoms with Crippen LogP contribution in [-0.4, -0.2) is 32.2 Å². The molecule has 9 heteroatoms. The maximum Gasteiger partial charge on any atom is 0.320 e. The van der Waals surface area contributed by atoms with Gasteiger partial charge in [-0.25, -0.2) is 0 Å². The van der Waals surface area contributed by atoms with E-state index in [0.717, 1.165) is 43.5 Å². The van der Waals surface area contributed by atoms with Gasteiger partial charge in [0, 0.05) is 17.3 Å². The average Bonchev–Trinajstić information content (AvgIpc) is 3.30. The second-order valence-corrected chi connectivity index (χ2v) is 8.56. The van der Waals surface area contributed by atoms with Gasteiger partial charge in [-0.1, -0.05) is 23.3 Å². The van der Waals surface area contributed by atoms with Crippen LogP contribution in [0.15, 0.2) is 53.1 Å². The van der Waals surface area contributed by atoms with Gasteiger partial charge in [-0.15, -0.1) is 5.10 Å². The Balaban J connectivity index is 1.16. The first kappa shape index (κ1) is 20.2. The molecule has 3 N–H and O–H groups in total. The number of anilines is 3. The zero-order valence-corrected chi connectivity index (χ0v) is 17.3. The number of rotatable bonds is 6. The van der Waals surface area contributed by atoms with E-state index in [-0.39, 0.29) is 23.2 Å². The van der Waals surface area contributed by atoms with E-state index in [2.05, 4.69) is 25.8 Å². The monoisotopic (exact) mass is 433 g/mol. The predicted molar refractivity (Wildman–Crippen MR) is 116 cm³/mol. The Morgan fingerprint density at radius 3 is 2.47 bits per heavy atom. The average molecular weight is 433 g/mol. The lowest BCUT2D eigenvalue weighted by atomic mass is 9.77. The quantitative estimate of drug-likeness (QED) is 0.527. The number of pyridine rings is 1. The maximum absolute atomic E-state index is 12.4. The summed E-state index contributed by atoms with van der Waals surface area (Å²) >= 11 is 0. The van der Waals surface area contributed by atoms with Crippen molar-refractivity contribution in [3.05, 3.63) is 60.2 Å². The summed E-state index contributed by atoms with van der Waals surface area (Å²) in [5, 5.41) is 22.5. The van der Waals surface area contributed by atoms with Gasteiger partial charge in [0.25, 0.3) is 0 Å². The van der Waals surface area contributed by atoms with Crippen molar-refractivity contribution in [2.45, 2.75) is 38.0 Å². The van der Waals surface area contributed by atoms with Crippen molar-refractivity contribution in [2.24, 2.45) is 11.3 Å². The van der Waals surface area contributed by atoms with Crippen molar-refractivity contribution < 1.29 is 19.1 Å². The first-order valence-electron chi connectivity index (χ1n) is 10.7. The molecule has 2 heterocycles. The number of amides is 1. The number of para-hydroxylation sites is 1. The lowest BCUT2D eigenvalue weighted by Gasteiger charge is -2.28. The molecule has 1 aromatic carbocycles. The number of benzene rings is 1. The van der Waals surface area contributed by atoms with Crippen molar-refractivity contribution in [2.75, 3.05) is 10.6 Å². The molecular weight excluding hydrogens is 410 g/mol. The number of aromatic nitrogens is 3. The Bertz CT molecular complexity index is 1120. The fraction of sp³-hybridized carbons (Fsp3) is 0.348. The Morgan fingerprint density at radius 2 is 1.81 bits per heavy atom. The lowest BCUT2D eigenvalue weighted by molar-refractivity contribution is -0.139. The summed E-state index contributed by atoms with van der Waals surface area (Å²) in [6.45, 7) is 0. The van der Waals surface area contributed by atoms with E-state index >= 15 is 0 Å². The highest BCUT2D eigenvalue weighted by Gasteiger charge is 2.58. The van der Waals surface area contributed by atoms with Crippen LogP contribution in [0.3, 0.4) is 0 Å². The van der Waals surface area contributed by atoms with E-state index in [0.29, 0.717) is 11.6 Å². The molecule has 2 fully saturated rings. The second kappa shape index (κ2) is 8.07. The zero-order chi connectivity index (χ0) is 22.1. The fourth-order valence-electron chi connectivity index (χ4n) is 4.65. The number of aliphatic carboxylic acids is 1. The predicted octanol–water partition coefficient (Wildman–Crippen LogP) is 4.21. The number of carboxylic acids is 1. The number of nitrogens with one attached hydrogen (secondary N) is 2. The van der Waals surface area contributed by atoms with Crippen LogP contribution in [0.2, 0.25) is 0 Å². The molecule has 2 aromatic heterocycles. The standard InChI is InChI=1S/C23H23N5O4/c29-19(20-27-28-22(32-20)26-15-4-2-1-3-5-15)25-16-6-7-18(24-13-16)14-8-10-23(11-9-14)12-17(23)21(30)31/h1-7,13-14,17H,8-12H2,(H,25,29)(H,26,28)(H,30,31)/t14-,17?,23-. The van der Waals surface area contributed by atoms with Gasteiger partial charge in [-0.05, 0) is 61.8 Å². The van der Waals surface area contributed by atoms with Crippen LogP contribution in [0.5, 0.6) is 0 Å². The van der Waals surface area contributed by atoms with Crippen LogP contribution in [0, 0.1) is 11.3 Å². The van der Waals surface area contributed by atoms with Crippen molar-refractivity contribution in [1.29, 1.82) is 0 Å². The number of hydrogen-bond acceptors (Lipinski definition) is 7. The highest BCUT2D eigenvalue weighted by atomic mass is 16.4. The Kier molecular flexibility index (Phi) is 5.08. The molecule has 0 saturated heterocycles. The van der Waals surface area contributed by atoms with E-state index in [9.17, 15) is 14.7 Å². The van der Waals surface area contributed by atoms with E-state index in [1.54, 1.807) is 12.3 Å². The summed E-state index contributed by atoms with van der Waals surface area (Å²) in [5.41, 5.74) is 2.30. The largest absolute Gasteiger partial charge is 0.481 e. The van der Waals surface area contributed by atoms with Crippen LogP contribution in [0.25, 0.3) is 0 Å². The molecule has 1 unspecified atom stereocenters. The maximum atomic E-state index is 12.4. The third-order valence-electron chi connectivity index (χ3n) is 6.58. The molecule has 32 heavy (non-hydrogen) atoms. The molecule has 1 amide bonds. The van der Waals surface area contributed by atoms with Gasteiger partial charge in [-0.2, -0.15) is 0 Å². The third-order valence-corrected chi connectivity index (χ3v) is 6.58. The molecule has 0 aliphatic heterocycles. The minimum absolute atomic E-state index is 0.0224. The molecule has 3 aromatic rings. The summed E-state index contributed by atoms with van der Waals surface area (Å²) in [6, 6.07) is 13.2. The van der Waals surface area contributed by atoms with Crippen molar-refractivity contribution in [1.82, 2.24) is 15.2 Å². The van der Waals surface area contributed by atoms with Crippen LogP contribution < -0.4 is 10.6 Å². The van der Waals surface area contributed by atoms with E-state index in [1.165, 1.54) is 0 Å². The molecule has 0 radical (unpaired) electrons. The molecule has 5 rings (SSSR count). The fourth-order valence-corrected chi connectivity index (χ4v) is 4.65. The number of carbonyl (C=O) groups excluding carboxylic acids is 1. The Labute approximate surface area is 184 Å². The van der Waals surface area contributed by atoms with Gasteiger partial charge >= 0.3 is 23.8 Å². The van der Waals surface area contributed by atoms with E-state index in [1.807, 2.05) is 36.4 Å².